The van der Waals surface area contributed by atoms with Crippen molar-refractivity contribution < 1.29 is 0 Å². The molecule has 1 aromatic rings. The highest BCUT2D eigenvalue weighted by atomic mass is 35.5. The van der Waals surface area contributed by atoms with Gasteiger partial charge in [0.25, 0.3) is 0 Å². The van der Waals surface area contributed by atoms with Crippen LogP contribution in [0.3, 0.4) is 0 Å². The molecule has 0 spiro atoms. The molecule has 0 heterocycles. The Morgan fingerprint density at radius 2 is 1.78 bits per heavy atom. The second-order valence-corrected chi connectivity index (χ2v) is 8.40. The standard InChI is InChI=1S/C20H27ClN2/c1-2-16-3-4-17(8-18(16)23-19(22)12-21)20-9-13-5-14(10-20)7-15(6-13)11-20/h3-4,8,13-15H,2,5-7,9-12H2,1H3,(H2,22,23). The van der Waals surface area contributed by atoms with Crippen molar-refractivity contribution in [1.82, 2.24) is 0 Å². The molecule has 4 fully saturated rings. The van der Waals surface area contributed by atoms with Crippen LogP contribution in [0.2, 0.25) is 0 Å². The van der Waals surface area contributed by atoms with E-state index < -0.39 is 0 Å². The Bertz CT molecular complexity index is 599. The summed E-state index contributed by atoms with van der Waals surface area (Å²) in [6.07, 6.45) is 9.59. The molecule has 0 aliphatic heterocycles. The van der Waals surface area contributed by atoms with Gasteiger partial charge in [0.05, 0.1) is 11.6 Å². The monoisotopic (exact) mass is 330 g/mol. The van der Waals surface area contributed by atoms with E-state index in [9.17, 15) is 0 Å². The Morgan fingerprint density at radius 3 is 2.30 bits per heavy atom. The molecule has 1 aromatic carbocycles. The molecular weight excluding hydrogens is 304 g/mol. The molecule has 4 bridgehead atoms. The third kappa shape index (κ3) is 2.69. The van der Waals surface area contributed by atoms with Gasteiger partial charge in [0.2, 0.25) is 0 Å². The molecule has 0 unspecified atom stereocenters. The van der Waals surface area contributed by atoms with Crippen molar-refractivity contribution in [1.29, 1.82) is 0 Å². The normalized spacial score (nSPS) is 35.7. The third-order valence-electron chi connectivity index (χ3n) is 6.52. The van der Waals surface area contributed by atoms with E-state index in [-0.39, 0.29) is 0 Å². The highest BCUT2D eigenvalue weighted by molar-refractivity contribution is 6.28. The van der Waals surface area contributed by atoms with Crippen LogP contribution in [0.15, 0.2) is 23.2 Å². The van der Waals surface area contributed by atoms with Crippen LogP contribution < -0.4 is 5.73 Å². The van der Waals surface area contributed by atoms with Crippen molar-refractivity contribution in [3.63, 3.8) is 0 Å². The first kappa shape index (κ1) is 15.5. The number of amidine groups is 1. The molecule has 0 radical (unpaired) electrons. The smallest absolute Gasteiger partial charge is 0.115 e. The lowest BCUT2D eigenvalue weighted by Gasteiger charge is -2.57. The zero-order valence-corrected chi connectivity index (χ0v) is 14.8. The van der Waals surface area contributed by atoms with E-state index in [1.54, 1.807) is 0 Å². The number of rotatable bonds is 4. The van der Waals surface area contributed by atoms with Crippen LogP contribution in [0, 0.1) is 17.8 Å². The van der Waals surface area contributed by atoms with Gasteiger partial charge < -0.3 is 5.73 Å². The largest absolute Gasteiger partial charge is 0.386 e. The zero-order valence-electron chi connectivity index (χ0n) is 14.0. The van der Waals surface area contributed by atoms with Gasteiger partial charge in [-0.3, -0.25) is 0 Å². The van der Waals surface area contributed by atoms with Crippen molar-refractivity contribution in [2.45, 2.75) is 57.3 Å². The van der Waals surface area contributed by atoms with Gasteiger partial charge in [-0.05, 0) is 85.3 Å². The van der Waals surface area contributed by atoms with Crippen molar-refractivity contribution in [3.05, 3.63) is 29.3 Å². The first-order chi connectivity index (χ1) is 11.1. The number of alkyl halides is 1. The molecule has 0 aromatic heterocycles. The number of halogens is 1. The minimum atomic E-state index is 0.296. The van der Waals surface area contributed by atoms with Crippen LogP contribution in [-0.4, -0.2) is 11.7 Å². The molecule has 3 heteroatoms. The summed E-state index contributed by atoms with van der Waals surface area (Å²) in [6, 6.07) is 6.97. The summed E-state index contributed by atoms with van der Waals surface area (Å²) in [6.45, 7) is 2.18. The fourth-order valence-electron chi connectivity index (χ4n) is 5.95. The van der Waals surface area contributed by atoms with E-state index in [0.29, 0.717) is 17.1 Å². The molecule has 2 nitrogen and oxygen atoms in total. The lowest BCUT2D eigenvalue weighted by atomic mass is 9.48. The molecule has 4 aliphatic rings. The third-order valence-corrected chi connectivity index (χ3v) is 6.79. The summed E-state index contributed by atoms with van der Waals surface area (Å²) in [5.74, 6) is 3.71. The van der Waals surface area contributed by atoms with E-state index in [4.69, 9.17) is 17.3 Å². The minimum absolute atomic E-state index is 0.296. The summed E-state index contributed by atoms with van der Waals surface area (Å²) in [7, 11) is 0. The van der Waals surface area contributed by atoms with Gasteiger partial charge >= 0.3 is 0 Å². The van der Waals surface area contributed by atoms with Gasteiger partial charge in [-0.25, -0.2) is 4.99 Å². The Balaban J connectivity index is 1.73. The van der Waals surface area contributed by atoms with E-state index in [0.717, 1.165) is 29.9 Å². The number of hydrogen-bond acceptors (Lipinski definition) is 1. The van der Waals surface area contributed by atoms with E-state index in [1.807, 2.05) is 0 Å². The lowest BCUT2D eigenvalue weighted by Crippen LogP contribution is -2.48. The number of hydrogen-bond donors (Lipinski definition) is 1. The summed E-state index contributed by atoms with van der Waals surface area (Å²) in [5, 5.41) is 0. The Morgan fingerprint density at radius 1 is 1.17 bits per heavy atom. The Labute approximate surface area is 144 Å². The van der Waals surface area contributed by atoms with Crippen LogP contribution in [0.1, 0.15) is 56.6 Å². The van der Waals surface area contributed by atoms with Crippen LogP contribution in [-0.2, 0) is 11.8 Å². The molecule has 4 saturated carbocycles. The van der Waals surface area contributed by atoms with E-state index >= 15 is 0 Å². The first-order valence-corrected chi connectivity index (χ1v) is 9.67. The molecule has 0 amide bonds. The summed E-state index contributed by atoms with van der Waals surface area (Å²) in [4.78, 5) is 4.60. The predicted molar refractivity (Wildman–Crippen MR) is 97.7 cm³/mol. The molecule has 23 heavy (non-hydrogen) atoms. The Kier molecular flexibility index (Phi) is 3.91. The average Bonchev–Trinajstić information content (AvgIpc) is 2.53. The minimum Gasteiger partial charge on any atom is -0.386 e. The van der Waals surface area contributed by atoms with Gasteiger partial charge in [0.15, 0.2) is 0 Å². The number of aliphatic imine (C=N–C) groups is 1. The quantitative estimate of drug-likeness (QED) is 0.473. The highest BCUT2D eigenvalue weighted by Crippen LogP contribution is 2.60. The van der Waals surface area contributed by atoms with Gasteiger partial charge in [0.1, 0.15) is 5.84 Å². The molecule has 124 valence electrons. The Hall–Kier alpha value is -1.02. The van der Waals surface area contributed by atoms with E-state index in [1.165, 1.54) is 49.7 Å². The maximum atomic E-state index is 5.90. The average molecular weight is 331 g/mol. The maximum absolute atomic E-state index is 5.90. The van der Waals surface area contributed by atoms with Crippen molar-refractivity contribution in [2.24, 2.45) is 28.5 Å². The molecular formula is C20H27ClN2. The van der Waals surface area contributed by atoms with Gasteiger partial charge in [-0.2, -0.15) is 0 Å². The van der Waals surface area contributed by atoms with Crippen molar-refractivity contribution in [2.75, 3.05) is 5.88 Å². The number of benzene rings is 1. The van der Waals surface area contributed by atoms with Crippen molar-refractivity contribution in [3.8, 4) is 0 Å². The maximum Gasteiger partial charge on any atom is 0.115 e. The summed E-state index contributed by atoms with van der Waals surface area (Å²) >= 11 is 5.84. The zero-order chi connectivity index (χ0) is 16.0. The SMILES string of the molecule is CCc1ccc(C23CC4CC(CC(C4)C2)C3)cc1N=C(N)CCl. The van der Waals surface area contributed by atoms with Crippen LogP contribution in [0.5, 0.6) is 0 Å². The first-order valence-electron chi connectivity index (χ1n) is 9.14. The number of aryl methyl sites for hydroxylation is 1. The van der Waals surface area contributed by atoms with Gasteiger partial charge in [-0.1, -0.05) is 19.1 Å². The van der Waals surface area contributed by atoms with Gasteiger partial charge in [0, 0.05) is 0 Å². The topological polar surface area (TPSA) is 38.4 Å². The van der Waals surface area contributed by atoms with Crippen molar-refractivity contribution >= 4 is 23.1 Å². The van der Waals surface area contributed by atoms with Crippen LogP contribution in [0.4, 0.5) is 5.69 Å². The molecule has 0 saturated heterocycles. The predicted octanol–water partition coefficient (Wildman–Crippen LogP) is 4.94. The highest BCUT2D eigenvalue weighted by Gasteiger charge is 2.51. The number of nitrogens with zero attached hydrogens (tertiary/aromatic N) is 1. The molecule has 5 rings (SSSR count). The molecule has 0 atom stereocenters. The fraction of sp³-hybridized carbons (Fsp3) is 0.650. The fourth-order valence-corrected chi connectivity index (χ4v) is 6.01. The van der Waals surface area contributed by atoms with Gasteiger partial charge in [-0.15, -0.1) is 11.6 Å². The van der Waals surface area contributed by atoms with Crippen LogP contribution in [0.25, 0.3) is 0 Å². The van der Waals surface area contributed by atoms with Crippen LogP contribution >= 0.6 is 11.6 Å². The number of nitrogens with two attached hydrogens (primary N) is 1. The lowest BCUT2D eigenvalue weighted by molar-refractivity contribution is -0.00517. The summed E-state index contributed by atoms with van der Waals surface area (Å²) < 4.78 is 0. The van der Waals surface area contributed by atoms with E-state index in [2.05, 4.69) is 30.1 Å². The molecule has 2 N–H and O–H groups in total. The summed E-state index contributed by atoms with van der Waals surface area (Å²) in [5.41, 5.74) is 10.1. The molecule has 4 aliphatic carbocycles. The second kappa shape index (κ2) is 5.81. The second-order valence-electron chi connectivity index (χ2n) is 8.13.